The lowest BCUT2D eigenvalue weighted by atomic mass is 9.95. The lowest BCUT2D eigenvalue weighted by Gasteiger charge is -2.26. The van der Waals surface area contributed by atoms with Crippen LogP contribution in [0.25, 0.3) is 0 Å². The van der Waals surface area contributed by atoms with Crippen LogP contribution in [0, 0.1) is 0 Å². The molecule has 0 aliphatic heterocycles. The first-order valence-corrected chi connectivity index (χ1v) is 5.71. The third kappa shape index (κ3) is 5.44. The van der Waals surface area contributed by atoms with Crippen molar-refractivity contribution in [3.63, 3.8) is 0 Å². The van der Waals surface area contributed by atoms with Crippen molar-refractivity contribution in [1.82, 2.24) is 5.32 Å². The third-order valence-electron chi connectivity index (χ3n) is 2.52. The van der Waals surface area contributed by atoms with Crippen LogP contribution in [0.3, 0.4) is 0 Å². The van der Waals surface area contributed by atoms with E-state index in [2.05, 4.69) is 5.32 Å². The number of carbonyl (C=O) groups excluding carboxylic acids is 1. The number of nitrogens with one attached hydrogen (secondary N) is 1. The minimum Gasteiger partial charge on any atom is -0.387 e. The van der Waals surface area contributed by atoms with Gasteiger partial charge in [0.1, 0.15) is 0 Å². The van der Waals surface area contributed by atoms with Gasteiger partial charge in [0.05, 0.1) is 5.60 Å². The molecule has 0 fully saturated rings. The second kappa shape index (κ2) is 7.60. The summed E-state index contributed by atoms with van der Waals surface area (Å²) in [6.07, 6.45) is -0.370. The van der Waals surface area contributed by atoms with Crippen molar-refractivity contribution in [2.75, 3.05) is 19.8 Å². The van der Waals surface area contributed by atoms with Crippen LogP contribution in [0.15, 0.2) is 0 Å². The Hall–Kier alpha value is -0.650. The highest BCUT2D eigenvalue weighted by Gasteiger charge is 2.33. The van der Waals surface area contributed by atoms with E-state index < -0.39 is 17.6 Å². The molecule has 0 aromatic rings. The average Bonchev–Trinajstić information content (AvgIpc) is 2.27. The van der Waals surface area contributed by atoms with E-state index in [1.165, 1.54) is 6.92 Å². The highest BCUT2D eigenvalue weighted by molar-refractivity contribution is 5.81. The van der Waals surface area contributed by atoms with Gasteiger partial charge in [-0.05, 0) is 26.7 Å². The summed E-state index contributed by atoms with van der Waals surface area (Å²) >= 11 is 0. The van der Waals surface area contributed by atoms with Crippen LogP contribution in [-0.2, 0) is 9.53 Å². The number of ether oxygens (including phenoxy) is 1. The molecule has 0 aliphatic rings. The van der Waals surface area contributed by atoms with Gasteiger partial charge in [0.2, 0.25) is 0 Å². The van der Waals surface area contributed by atoms with E-state index in [0.29, 0.717) is 32.6 Å². The van der Waals surface area contributed by atoms with Gasteiger partial charge < -0.3 is 20.3 Å². The summed E-state index contributed by atoms with van der Waals surface area (Å²) in [7, 11) is 0. The first-order chi connectivity index (χ1) is 7.45. The molecule has 0 radical (unpaired) electrons. The van der Waals surface area contributed by atoms with Gasteiger partial charge in [-0.15, -0.1) is 0 Å². The van der Waals surface area contributed by atoms with Crippen molar-refractivity contribution in [2.45, 2.75) is 45.3 Å². The van der Waals surface area contributed by atoms with Crippen molar-refractivity contribution < 1.29 is 19.7 Å². The van der Waals surface area contributed by atoms with Gasteiger partial charge in [-0.3, -0.25) is 4.79 Å². The Morgan fingerprint density at radius 3 is 2.62 bits per heavy atom. The van der Waals surface area contributed by atoms with Gasteiger partial charge in [-0.25, -0.2) is 0 Å². The lowest BCUT2D eigenvalue weighted by molar-refractivity contribution is -0.144. The van der Waals surface area contributed by atoms with Gasteiger partial charge in [0.15, 0.2) is 6.10 Å². The molecule has 2 atom stereocenters. The fourth-order valence-corrected chi connectivity index (χ4v) is 1.10. The highest BCUT2D eigenvalue weighted by atomic mass is 16.5. The van der Waals surface area contributed by atoms with Crippen LogP contribution < -0.4 is 5.32 Å². The minimum atomic E-state index is -1.38. The first-order valence-electron chi connectivity index (χ1n) is 5.71. The zero-order valence-corrected chi connectivity index (χ0v) is 10.3. The number of carbonyl (C=O) groups is 1. The van der Waals surface area contributed by atoms with E-state index in [-0.39, 0.29) is 0 Å². The summed E-state index contributed by atoms with van der Waals surface area (Å²) in [4.78, 5) is 11.4. The molecule has 0 heterocycles. The van der Waals surface area contributed by atoms with Gasteiger partial charge in [0.25, 0.3) is 5.91 Å². The maximum Gasteiger partial charge on any atom is 0.251 e. The van der Waals surface area contributed by atoms with E-state index in [1.807, 2.05) is 6.92 Å². The molecule has 0 saturated carbocycles. The predicted octanol–water partition coefficient (Wildman–Crippen LogP) is 0.0511. The SMILES string of the molecule is CCOCCCNC(=O)C(O)C(C)(O)CC. The molecule has 0 aliphatic carbocycles. The van der Waals surface area contributed by atoms with E-state index in [9.17, 15) is 15.0 Å². The van der Waals surface area contributed by atoms with Crippen molar-refractivity contribution >= 4 is 5.91 Å². The van der Waals surface area contributed by atoms with E-state index in [0.717, 1.165) is 0 Å². The van der Waals surface area contributed by atoms with Crippen molar-refractivity contribution in [2.24, 2.45) is 0 Å². The molecule has 96 valence electrons. The number of aliphatic hydroxyl groups excluding tert-OH is 1. The van der Waals surface area contributed by atoms with Crippen LogP contribution in [0.2, 0.25) is 0 Å². The van der Waals surface area contributed by atoms with E-state index >= 15 is 0 Å². The van der Waals surface area contributed by atoms with Gasteiger partial charge in [-0.2, -0.15) is 0 Å². The summed E-state index contributed by atoms with van der Waals surface area (Å²) in [5.74, 6) is -0.539. The molecule has 2 unspecified atom stereocenters. The summed E-state index contributed by atoms with van der Waals surface area (Å²) in [6.45, 7) is 6.73. The molecule has 0 spiro atoms. The number of amides is 1. The summed E-state index contributed by atoms with van der Waals surface area (Å²) in [5.41, 5.74) is -1.37. The maximum atomic E-state index is 11.4. The Balaban J connectivity index is 3.80. The van der Waals surface area contributed by atoms with E-state index in [1.54, 1.807) is 6.92 Å². The molecular formula is C11H23NO4. The molecule has 0 aromatic carbocycles. The third-order valence-corrected chi connectivity index (χ3v) is 2.52. The largest absolute Gasteiger partial charge is 0.387 e. The quantitative estimate of drug-likeness (QED) is 0.518. The Bertz CT molecular complexity index is 206. The fraction of sp³-hybridized carbons (Fsp3) is 0.909. The molecule has 0 rings (SSSR count). The average molecular weight is 233 g/mol. The van der Waals surface area contributed by atoms with Crippen LogP contribution in [-0.4, -0.2) is 47.6 Å². The van der Waals surface area contributed by atoms with Crippen molar-refractivity contribution in [1.29, 1.82) is 0 Å². The molecule has 0 aromatic heterocycles. The molecule has 5 nitrogen and oxygen atoms in total. The van der Waals surface area contributed by atoms with Gasteiger partial charge in [0, 0.05) is 19.8 Å². The second-order valence-corrected chi connectivity index (χ2v) is 3.95. The number of hydrogen-bond acceptors (Lipinski definition) is 4. The molecule has 1 amide bonds. The molecule has 16 heavy (non-hydrogen) atoms. The summed E-state index contributed by atoms with van der Waals surface area (Å²) < 4.78 is 5.10. The Morgan fingerprint density at radius 2 is 2.12 bits per heavy atom. The minimum absolute atomic E-state index is 0.320. The van der Waals surface area contributed by atoms with Crippen molar-refractivity contribution in [3.05, 3.63) is 0 Å². The predicted molar refractivity (Wildman–Crippen MR) is 61.0 cm³/mol. The Morgan fingerprint density at radius 1 is 1.50 bits per heavy atom. The van der Waals surface area contributed by atoms with Crippen molar-refractivity contribution in [3.8, 4) is 0 Å². The van der Waals surface area contributed by atoms with E-state index in [4.69, 9.17) is 4.74 Å². The fourth-order valence-electron chi connectivity index (χ4n) is 1.10. The van der Waals surface area contributed by atoms with Crippen LogP contribution in [0.4, 0.5) is 0 Å². The number of rotatable bonds is 8. The standard InChI is InChI=1S/C11H23NO4/c1-4-11(3,15)9(13)10(14)12-7-6-8-16-5-2/h9,13,15H,4-8H2,1-3H3,(H,12,14). The molecule has 5 heteroatoms. The Labute approximate surface area is 96.8 Å². The zero-order chi connectivity index (χ0) is 12.6. The van der Waals surface area contributed by atoms with Crippen LogP contribution in [0.5, 0.6) is 0 Å². The van der Waals surface area contributed by atoms with Gasteiger partial charge >= 0.3 is 0 Å². The number of hydrogen-bond donors (Lipinski definition) is 3. The monoisotopic (exact) mass is 233 g/mol. The Kier molecular flexibility index (Phi) is 7.29. The van der Waals surface area contributed by atoms with Crippen LogP contribution >= 0.6 is 0 Å². The van der Waals surface area contributed by atoms with Gasteiger partial charge in [-0.1, -0.05) is 6.92 Å². The first kappa shape index (κ1) is 15.3. The second-order valence-electron chi connectivity index (χ2n) is 3.95. The smallest absolute Gasteiger partial charge is 0.251 e. The topological polar surface area (TPSA) is 78.8 Å². The van der Waals surface area contributed by atoms with Crippen LogP contribution in [0.1, 0.15) is 33.6 Å². The maximum absolute atomic E-state index is 11.4. The molecule has 3 N–H and O–H groups in total. The summed E-state index contributed by atoms with van der Waals surface area (Å²) in [6, 6.07) is 0. The molecule has 0 bridgehead atoms. The normalized spacial score (nSPS) is 16.6. The molecule has 0 saturated heterocycles. The number of aliphatic hydroxyl groups is 2. The zero-order valence-electron chi connectivity index (χ0n) is 10.3. The molecular weight excluding hydrogens is 210 g/mol. The highest BCUT2D eigenvalue weighted by Crippen LogP contribution is 2.14. The lowest BCUT2D eigenvalue weighted by Crippen LogP contribution is -2.49. The summed E-state index contributed by atoms with van der Waals surface area (Å²) in [5, 5.41) is 21.8.